The Morgan fingerprint density at radius 3 is 2.50 bits per heavy atom. The van der Waals surface area contributed by atoms with E-state index in [9.17, 15) is 4.79 Å². The van der Waals surface area contributed by atoms with Crippen LogP contribution in [0.15, 0.2) is 29.4 Å². The molecule has 1 heterocycles. The van der Waals surface area contributed by atoms with Gasteiger partial charge in [0.25, 0.3) is 5.91 Å². The third-order valence-corrected chi connectivity index (χ3v) is 3.21. The van der Waals surface area contributed by atoms with Crippen LogP contribution in [0, 0.1) is 13.8 Å². The Kier molecular flexibility index (Phi) is 4.83. The fourth-order valence-corrected chi connectivity index (χ4v) is 2.08. The molecule has 0 unspecified atom stereocenters. The molecule has 6 heteroatoms. The van der Waals surface area contributed by atoms with Gasteiger partial charge in [-0.3, -0.25) is 4.79 Å². The van der Waals surface area contributed by atoms with Crippen LogP contribution in [0.3, 0.4) is 0 Å². The molecule has 1 aromatic carbocycles. The molecule has 0 saturated heterocycles. The van der Waals surface area contributed by atoms with Gasteiger partial charge < -0.3 is 14.5 Å². The highest BCUT2D eigenvalue weighted by molar-refractivity contribution is 5.95. The van der Waals surface area contributed by atoms with Crippen molar-refractivity contribution in [2.24, 2.45) is 5.10 Å². The summed E-state index contributed by atoms with van der Waals surface area (Å²) in [6.07, 6.45) is 1.61. The molecule has 116 valence electrons. The molecule has 6 nitrogen and oxygen atoms in total. The summed E-state index contributed by atoms with van der Waals surface area (Å²) in [5, 5.41) is 3.97. The zero-order valence-electron chi connectivity index (χ0n) is 13.1. The Morgan fingerprint density at radius 1 is 1.18 bits per heavy atom. The van der Waals surface area contributed by atoms with Crippen LogP contribution in [0.2, 0.25) is 0 Å². The number of aryl methyl sites for hydroxylation is 2. The molecule has 2 aromatic rings. The Labute approximate surface area is 129 Å². The minimum absolute atomic E-state index is 0.317. The summed E-state index contributed by atoms with van der Waals surface area (Å²) in [6, 6.07) is 6.89. The van der Waals surface area contributed by atoms with E-state index in [2.05, 4.69) is 15.5 Å². The number of hydrazone groups is 1. The molecule has 0 atom stereocenters. The SMILES string of the molecule is COc1ccc(C(=O)N/N=C/c2cc(C)[nH]c2C)cc1OC. The van der Waals surface area contributed by atoms with Crippen molar-refractivity contribution in [2.45, 2.75) is 13.8 Å². The molecule has 0 aliphatic heterocycles. The van der Waals surface area contributed by atoms with Crippen LogP contribution >= 0.6 is 0 Å². The molecule has 22 heavy (non-hydrogen) atoms. The summed E-state index contributed by atoms with van der Waals surface area (Å²) < 4.78 is 10.3. The van der Waals surface area contributed by atoms with E-state index < -0.39 is 0 Å². The Balaban J connectivity index is 2.08. The van der Waals surface area contributed by atoms with Gasteiger partial charge in [-0.25, -0.2) is 5.43 Å². The maximum Gasteiger partial charge on any atom is 0.271 e. The number of aromatic amines is 1. The predicted molar refractivity (Wildman–Crippen MR) is 84.9 cm³/mol. The van der Waals surface area contributed by atoms with Crippen molar-refractivity contribution in [1.82, 2.24) is 10.4 Å². The van der Waals surface area contributed by atoms with Gasteiger partial charge in [0.05, 0.1) is 20.4 Å². The molecule has 1 amide bonds. The highest BCUT2D eigenvalue weighted by atomic mass is 16.5. The third-order valence-electron chi connectivity index (χ3n) is 3.21. The predicted octanol–water partition coefficient (Wildman–Crippen LogP) is 2.41. The van der Waals surface area contributed by atoms with Crippen molar-refractivity contribution in [3.63, 3.8) is 0 Å². The maximum absolute atomic E-state index is 12.1. The number of carbonyl (C=O) groups excluding carboxylic acids is 1. The minimum atomic E-state index is -0.317. The zero-order valence-corrected chi connectivity index (χ0v) is 13.1. The number of hydrogen-bond donors (Lipinski definition) is 2. The van der Waals surface area contributed by atoms with Crippen LogP contribution < -0.4 is 14.9 Å². The van der Waals surface area contributed by atoms with Crippen LogP contribution in [0.1, 0.15) is 27.3 Å². The minimum Gasteiger partial charge on any atom is -0.493 e. The number of benzene rings is 1. The molecule has 0 spiro atoms. The second-order valence-corrected chi connectivity index (χ2v) is 4.80. The van der Waals surface area contributed by atoms with E-state index in [0.717, 1.165) is 17.0 Å². The molecular weight excluding hydrogens is 282 g/mol. The number of rotatable bonds is 5. The van der Waals surface area contributed by atoms with Gasteiger partial charge in [0.2, 0.25) is 0 Å². The Bertz CT molecular complexity index is 705. The monoisotopic (exact) mass is 301 g/mol. The number of nitrogens with zero attached hydrogens (tertiary/aromatic N) is 1. The van der Waals surface area contributed by atoms with Crippen LogP contribution in [-0.2, 0) is 0 Å². The average molecular weight is 301 g/mol. The van der Waals surface area contributed by atoms with E-state index in [1.165, 1.54) is 7.11 Å². The fraction of sp³-hybridized carbons (Fsp3) is 0.250. The van der Waals surface area contributed by atoms with Crippen LogP contribution in [-0.4, -0.2) is 31.3 Å². The summed E-state index contributed by atoms with van der Waals surface area (Å²) in [4.78, 5) is 15.2. The number of nitrogens with one attached hydrogen (secondary N) is 2. The summed E-state index contributed by atoms with van der Waals surface area (Å²) in [6.45, 7) is 3.91. The van der Waals surface area contributed by atoms with E-state index >= 15 is 0 Å². The first kappa shape index (κ1) is 15.6. The van der Waals surface area contributed by atoms with Crippen molar-refractivity contribution in [3.05, 3.63) is 46.8 Å². The van der Waals surface area contributed by atoms with Crippen molar-refractivity contribution < 1.29 is 14.3 Å². The molecule has 0 bridgehead atoms. The average Bonchev–Trinajstić information content (AvgIpc) is 2.84. The normalized spacial score (nSPS) is 10.7. The topological polar surface area (TPSA) is 75.7 Å². The van der Waals surface area contributed by atoms with Gasteiger partial charge in [-0.1, -0.05) is 0 Å². The van der Waals surface area contributed by atoms with Gasteiger partial charge in [-0.2, -0.15) is 5.10 Å². The number of amides is 1. The summed E-state index contributed by atoms with van der Waals surface area (Å²) in [5.74, 6) is 0.749. The quantitative estimate of drug-likeness (QED) is 0.658. The Morgan fingerprint density at radius 2 is 1.91 bits per heavy atom. The number of carbonyl (C=O) groups is 1. The molecule has 0 saturated carbocycles. The lowest BCUT2D eigenvalue weighted by Crippen LogP contribution is -2.17. The molecule has 2 rings (SSSR count). The van der Waals surface area contributed by atoms with E-state index in [0.29, 0.717) is 17.1 Å². The van der Waals surface area contributed by atoms with Gasteiger partial charge in [0, 0.05) is 22.5 Å². The van der Waals surface area contributed by atoms with Crippen molar-refractivity contribution in [2.75, 3.05) is 14.2 Å². The second-order valence-electron chi connectivity index (χ2n) is 4.80. The van der Waals surface area contributed by atoms with E-state index in [1.807, 2.05) is 19.9 Å². The highest BCUT2D eigenvalue weighted by Gasteiger charge is 2.10. The highest BCUT2D eigenvalue weighted by Crippen LogP contribution is 2.27. The first-order valence-corrected chi connectivity index (χ1v) is 6.76. The summed E-state index contributed by atoms with van der Waals surface area (Å²) >= 11 is 0. The van der Waals surface area contributed by atoms with Crippen molar-refractivity contribution in [1.29, 1.82) is 0 Å². The lowest BCUT2D eigenvalue weighted by molar-refractivity contribution is 0.0954. The summed E-state index contributed by atoms with van der Waals surface area (Å²) in [5.41, 5.74) is 5.92. The number of H-pyrrole nitrogens is 1. The molecule has 0 fully saturated rings. The number of ether oxygens (including phenoxy) is 2. The standard InChI is InChI=1S/C16H19N3O3/c1-10-7-13(11(2)18-10)9-17-19-16(20)12-5-6-14(21-3)15(8-12)22-4/h5-9,18H,1-4H3,(H,19,20)/b17-9+. The molecule has 0 radical (unpaired) electrons. The molecule has 2 N–H and O–H groups in total. The largest absolute Gasteiger partial charge is 0.493 e. The van der Waals surface area contributed by atoms with Crippen LogP contribution in [0.4, 0.5) is 0 Å². The second kappa shape index (κ2) is 6.80. The Hall–Kier alpha value is -2.76. The fourth-order valence-electron chi connectivity index (χ4n) is 2.08. The first-order valence-electron chi connectivity index (χ1n) is 6.76. The van der Waals surface area contributed by atoms with Gasteiger partial charge in [0.1, 0.15) is 0 Å². The number of aromatic nitrogens is 1. The lowest BCUT2D eigenvalue weighted by Gasteiger charge is -2.08. The third kappa shape index (κ3) is 3.46. The lowest BCUT2D eigenvalue weighted by atomic mass is 10.2. The van der Waals surface area contributed by atoms with E-state index in [-0.39, 0.29) is 5.91 Å². The van der Waals surface area contributed by atoms with Crippen molar-refractivity contribution in [3.8, 4) is 11.5 Å². The maximum atomic E-state index is 12.1. The smallest absolute Gasteiger partial charge is 0.271 e. The van der Waals surface area contributed by atoms with Crippen LogP contribution in [0.5, 0.6) is 11.5 Å². The number of hydrogen-bond acceptors (Lipinski definition) is 4. The first-order chi connectivity index (χ1) is 10.5. The summed E-state index contributed by atoms with van der Waals surface area (Å²) in [7, 11) is 3.07. The molecule has 0 aliphatic carbocycles. The van der Waals surface area contributed by atoms with E-state index in [1.54, 1.807) is 31.5 Å². The molecule has 1 aromatic heterocycles. The van der Waals surface area contributed by atoms with Gasteiger partial charge in [-0.15, -0.1) is 0 Å². The molecular formula is C16H19N3O3. The van der Waals surface area contributed by atoms with Gasteiger partial charge in [0.15, 0.2) is 11.5 Å². The van der Waals surface area contributed by atoms with Crippen LogP contribution in [0.25, 0.3) is 0 Å². The van der Waals surface area contributed by atoms with Crippen molar-refractivity contribution >= 4 is 12.1 Å². The zero-order chi connectivity index (χ0) is 16.1. The van der Waals surface area contributed by atoms with Gasteiger partial charge >= 0.3 is 0 Å². The van der Waals surface area contributed by atoms with E-state index in [4.69, 9.17) is 9.47 Å². The van der Waals surface area contributed by atoms with Gasteiger partial charge in [-0.05, 0) is 38.1 Å². The molecule has 0 aliphatic rings. The number of methoxy groups -OCH3 is 2.